The summed E-state index contributed by atoms with van der Waals surface area (Å²) in [6, 6.07) is 10.6. The Morgan fingerprint density at radius 3 is 2.80 bits per heavy atom. The summed E-state index contributed by atoms with van der Waals surface area (Å²) in [5, 5.41) is 0.613. The molecule has 2 aromatic rings. The molecule has 1 heterocycles. The van der Waals surface area contributed by atoms with E-state index in [9.17, 15) is 0 Å². The van der Waals surface area contributed by atoms with Gasteiger partial charge in [0.25, 0.3) is 0 Å². The Morgan fingerprint density at radius 2 is 2.07 bits per heavy atom. The molecule has 0 amide bonds. The zero-order chi connectivity index (χ0) is 10.7. The highest BCUT2D eigenvalue weighted by atomic mass is 35.5. The van der Waals surface area contributed by atoms with E-state index < -0.39 is 0 Å². The second-order valence-electron chi connectivity index (χ2n) is 2.96. The molecule has 0 unspecified atom stereocenters. The van der Waals surface area contributed by atoms with E-state index in [4.69, 9.17) is 23.3 Å². The fraction of sp³-hybridized carbons (Fsp3) is 0. The van der Waals surface area contributed by atoms with Crippen molar-refractivity contribution < 1.29 is 4.74 Å². The van der Waals surface area contributed by atoms with Crippen molar-refractivity contribution in [2.24, 2.45) is 0 Å². The molecule has 15 heavy (non-hydrogen) atoms. The van der Waals surface area contributed by atoms with E-state index in [1.807, 2.05) is 0 Å². The molecule has 0 atom stereocenters. The highest BCUT2D eigenvalue weighted by Gasteiger charge is 2.01. The first kappa shape index (κ1) is 9.99. The van der Waals surface area contributed by atoms with Crippen LogP contribution in [0.3, 0.4) is 0 Å². The van der Waals surface area contributed by atoms with Gasteiger partial charge in [0.2, 0.25) is 5.88 Å². The van der Waals surface area contributed by atoms with E-state index in [2.05, 4.69) is 4.98 Å². The predicted molar refractivity (Wildman–Crippen MR) is 59.2 cm³/mol. The zero-order valence-corrected chi connectivity index (χ0v) is 8.61. The molecule has 0 N–H and O–H groups in total. The number of aromatic nitrogens is 1. The van der Waals surface area contributed by atoms with Crippen LogP contribution in [0.5, 0.6) is 11.6 Å². The first-order valence-electron chi connectivity index (χ1n) is 4.39. The maximum atomic E-state index is 5.82. The summed E-state index contributed by atoms with van der Waals surface area (Å²) in [5.41, 5.74) is 0.498. The van der Waals surface area contributed by atoms with Crippen LogP contribution < -0.4 is 4.74 Å². The maximum absolute atomic E-state index is 5.82. The third kappa shape index (κ3) is 2.48. The van der Waals surface area contributed by atoms with Gasteiger partial charge < -0.3 is 4.74 Å². The van der Waals surface area contributed by atoms with E-state index in [1.54, 1.807) is 42.6 Å². The van der Waals surface area contributed by atoms with Crippen LogP contribution in [0.4, 0.5) is 0 Å². The Labute approximate surface area is 93.5 Å². The molecule has 1 aromatic heterocycles. The van der Waals surface area contributed by atoms with E-state index in [0.29, 0.717) is 22.2 Å². The standard InChI is InChI=1S/C12H8ClNO/c1-9-4-3-7-14-12(9)15-11-6-2-5-10(13)8-11/h1-8H. The van der Waals surface area contributed by atoms with E-state index in [-0.39, 0.29) is 0 Å². The van der Waals surface area contributed by atoms with Gasteiger partial charge in [-0.3, -0.25) is 0 Å². The Balaban J connectivity index is 2.26. The second-order valence-corrected chi connectivity index (χ2v) is 3.39. The second kappa shape index (κ2) is 4.32. The topological polar surface area (TPSA) is 22.1 Å². The Morgan fingerprint density at radius 1 is 1.20 bits per heavy atom. The first-order chi connectivity index (χ1) is 7.25. The molecule has 3 heteroatoms. The smallest absolute Gasteiger partial charge is 0.222 e. The molecular weight excluding hydrogens is 210 g/mol. The lowest BCUT2D eigenvalue weighted by Crippen LogP contribution is -1.89. The number of pyridine rings is 1. The third-order valence-corrected chi connectivity index (χ3v) is 2.05. The molecule has 0 aliphatic heterocycles. The minimum Gasteiger partial charge on any atom is -0.439 e. The molecule has 2 radical (unpaired) electrons. The number of rotatable bonds is 2. The largest absolute Gasteiger partial charge is 0.439 e. The summed E-state index contributed by atoms with van der Waals surface area (Å²) in [7, 11) is 0. The van der Waals surface area contributed by atoms with Crippen LogP contribution >= 0.6 is 11.6 Å². The molecular formula is C12H8ClNO. The highest BCUT2D eigenvalue weighted by molar-refractivity contribution is 6.30. The molecule has 0 saturated heterocycles. The van der Waals surface area contributed by atoms with Crippen molar-refractivity contribution in [2.45, 2.75) is 0 Å². The molecule has 1 aromatic carbocycles. The van der Waals surface area contributed by atoms with Gasteiger partial charge in [-0.25, -0.2) is 4.98 Å². The fourth-order valence-electron chi connectivity index (χ4n) is 1.13. The number of hydrogen-bond acceptors (Lipinski definition) is 2. The fourth-order valence-corrected chi connectivity index (χ4v) is 1.31. The van der Waals surface area contributed by atoms with E-state index in [0.717, 1.165) is 0 Å². The molecule has 0 aliphatic rings. The molecule has 2 nitrogen and oxygen atoms in total. The van der Waals surface area contributed by atoms with Gasteiger partial charge in [-0.1, -0.05) is 23.7 Å². The highest BCUT2D eigenvalue weighted by Crippen LogP contribution is 2.24. The minimum absolute atomic E-state index is 0.389. The Bertz CT molecular complexity index is 471. The van der Waals surface area contributed by atoms with Crippen molar-refractivity contribution in [3.8, 4) is 11.6 Å². The molecule has 74 valence electrons. The average molecular weight is 218 g/mol. The number of benzene rings is 1. The van der Waals surface area contributed by atoms with Crippen LogP contribution in [0, 0.1) is 6.92 Å². The lowest BCUT2D eigenvalue weighted by Gasteiger charge is -2.06. The van der Waals surface area contributed by atoms with Crippen molar-refractivity contribution in [1.82, 2.24) is 4.98 Å². The minimum atomic E-state index is 0.389. The van der Waals surface area contributed by atoms with Crippen molar-refractivity contribution in [3.05, 3.63) is 60.1 Å². The van der Waals surface area contributed by atoms with Crippen molar-refractivity contribution >= 4 is 11.6 Å². The van der Waals surface area contributed by atoms with Crippen molar-refractivity contribution in [3.63, 3.8) is 0 Å². The van der Waals surface area contributed by atoms with Crippen molar-refractivity contribution in [1.29, 1.82) is 0 Å². The quantitative estimate of drug-likeness (QED) is 0.767. The van der Waals surface area contributed by atoms with Crippen LogP contribution in [-0.4, -0.2) is 4.98 Å². The first-order valence-corrected chi connectivity index (χ1v) is 4.77. The third-order valence-electron chi connectivity index (χ3n) is 1.81. The number of halogens is 1. The van der Waals surface area contributed by atoms with Crippen LogP contribution in [0.2, 0.25) is 5.02 Å². The van der Waals surface area contributed by atoms with Crippen LogP contribution in [-0.2, 0) is 0 Å². The number of ether oxygens (including phenoxy) is 1. The summed E-state index contributed by atoms with van der Waals surface area (Å²) in [6.45, 7) is 5.69. The van der Waals surface area contributed by atoms with Gasteiger partial charge in [-0.2, -0.15) is 0 Å². The van der Waals surface area contributed by atoms with Crippen LogP contribution in [0.25, 0.3) is 0 Å². The van der Waals surface area contributed by atoms with E-state index in [1.165, 1.54) is 0 Å². The summed E-state index contributed by atoms with van der Waals surface area (Å²) in [4.78, 5) is 4.01. The molecule has 0 bridgehead atoms. The number of hydrogen-bond donors (Lipinski definition) is 0. The van der Waals surface area contributed by atoms with Gasteiger partial charge in [-0.15, -0.1) is 0 Å². The zero-order valence-electron chi connectivity index (χ0n) is 7.85. The predicted octanol–water partition coefficient (Wildman–Crippen LogP) is 3.59. The van der Waals surface area contributed by atoms with Crippen molar-refractivity contribution in [2.75, 3.05) is 0 Å². The van der Waals surface area contributed by atoms with Gasteiger partial charge in [-0.05, 0) is 24.3 Å². The van der Waals surface area contributed by atoms with Gasteiger partial charge in [0.15, 0.2) is 0 Å². The Hall–Kier alpha value is -1.54. The monoisotopic (exact) mass is 217 g/mol. The van der Waals surface area contributed by atoms with Gasteiger partial charge in [0.1, 0.15) is 5.75 Å². The maximum Gasteiger partial charge on any atom is 0.222 e. The molecule has 0 fully saturated rings. The lowest BCUT2D eigenvalue weighted by atomic mass is 10.3. The lowest BCUT2D eigenvalue weighted by molar-refractivity contribution is 0.461. The van der Waals surface area contributed by atoms with E-state index >= 15 is 0 Å². The van der Waals surface area contributed by atoms with Gasteiger partial charge in [0, 0.05) is 23.7 Å². The SMILES string of the molecule is [CH]c1cccnc1Oc1cccc(Cl)c1. The number of nitrogens with zero attached hydrogens (tertiary/aromatic N) is 1. The summed E-state index contributed by atoms with van der Waals surface area (Å²) in [5.74, 6) is 1.01. The van der Waals surface area contributed by atoms with Gasteiger partial charge >= 0.3 is 0 Å². The van der Waals surface area contributed by atoms with Gasteiger partial charge in [0.05, 0.1) is 0 Å². The average Bonchev–Trinajstić information content (AvgIpc) is 2.22. The molecule has 0 saturated carbocycles. The summed E-state index contributed by atoms with van der Waals surface area (Å²) >= 11 is 5.82. The summed E-state index contributed by atoms with van der Waals surface area (Å²) in [6.07, 6.45) is 1.62. The molecule has 0 aliphatic carbocycles. The summed E-state index contributed by atoms with van der Waals surface area (Å²) < 4.78 is 5.47. The Kier molecular flexibility index (Phi) is 2.88. The van der Waals surface area contributed by atoms with Crippen LogP contribution in [0.15, 0.2) is 42.6 Å². The molecule has 0 spiro atoms. The van der Waals surface area contributed by atoms with Crippen LogP contribution in [0.1, 0.15) is 5.56 Å². The molecule has 2 rings (SSSR count). The normalized spacial score (nSPS) is 10.0.